The molecular weight excluding hydrogens is 332 g/mol. The third-order valence-corrected chi connectivity index (χ3v) is 4.23. The standard InChI is InChI=1S/C19H18N4OS/c1-25-13-14-2-5-17(6-3-14)23-19(24)7-4-15-10-20-9-8-18(15)16-11-21-22-12-16/h2-12H,13H2,1H3,(H,21,22)(H,23,24)/b7-4+. The lowest BCUT2D eigenvalue weighted by molar-refractivity contribution is -0.111. The largest absolute Gasteiger partial charge is 0.323 e. The second-order valence-electron chi connectivity index (χ2n) is 5.40. The molecule has 0 aliphatic heterocycles. The summed E-state index contributed by atoms with van der Waals surface area (Å²) in [4.78, 5) is 16.3. The van der Waals surface area contributed by atoms with Crippen LogP contribution in [0.5, 0.6) is 0 Å². The lowest BCUT2D eigenvalue weighted by Crippen LogP contribution is -2.07. The molecule has 0 saturated heterocycles. The molecule has 6 heteroatoms. The van der Waals surface area contributed by atoms with Crippen molar-refractivity contribution in [3.8, 4) is 11.1 Å². The Labute approximate surface area is 150 Å². The van der Waals surface area contributed by atoms with Crippen LogP contribution in [0, 0.1) is 0 Å². The van der Waals surface area contributed by atoms with E-state index in [1.165, 1.54) is 11.6 Å². The van der Waals surface area contributed by atoms with Crippen LogP contribution in [0.1, 0.15) is 11.1 Å². The molecule has 3 rings (SSSR count). The number of nitrogens with one attached hydrogen (secondary N) is 2. The van der Waals surface area contributed by atoms with Gasteiger partial charge < -0.3 is 5.32 Å². The molecule has 2 aromatic heterocycles. The number of hydrogen-bond donors (Lipinski definition) is 2. The summed E-state index contributed by atoms with van der Waals surface area (Å²) in [7, 11) is 0. The van der Waals surface area contributed by atoms with Crippen LogP contribution < -0.4 is 5.32 Å². The van der Waals surface area contributed by atoms with E-state index in [1.54, 1.807) is 36.4 Å². The van der Waals surface area contributed by atoms with E-state index in [1.807, 2.05) is 36.5 Å². The summed E-state index contributed by atoms with van der Waals surface area (Å²) in [6.07, 6.45) is 12.3. The Bertz CT molecular complexity index is 857. The van der Waals surface area contributed by atoms with Crippen LogP contribution >= 0.6 is 11.8 Å². The third-order valence-electron chi connectivity index (χ3n) is 3.61. The molecule has 0 atom stereocenters. The Hall–Kier alpha value is -2.86. The van der Waals surface area contributed by atoms with E-state index in [2.05, 4.69) is 26.8 Å². The fourth-order valence-electron chi connectivity index (χ4n) is 2.40. The molecule has 5 nitrogen and oxygen atoms in total. The zero-order chi connectivity index (χ0) is 17.5. The average Bonchev–Trinajstić information content (AvgIpc) is 3.17. The van der Waals surface area contributed by atoms with Gasteiger partial charge in [0.1, 0.15) is 0 Å². The van der Waals surface area contributed by atoms with Gasteiger partial charge in [-0.3, -0.25) is 14.9 Å². The predicted molar refractivity (Wildman–Crippen MR) is 103 cm³/mol. The summed E-state index contributed by atoms with van der Waals surface area (Å²) in [5.41, 5.74) is 4.79. The maximum absolute atomic E-state index is 12.2. The second-order valence-corrected chi connectivity index (χ2v) is 6.27. The number of amides is 1. The van der Waals surface area contributed by atoms with Gasteiger partial charge in [0.05, 0.1) is 6.20 Å². The Morgan fingerprint density at radius 3 is 2.80 bits per heavy atom. The molecule has 0 spiro atoms. The summed E-state index contributed by atoms with van der Waals surface area (Å²) >= 11 is 1.77. The van der Waals surface area contributed by atoms with Gasteiger partial charge in [-0.2, -0.15) is 16.9 Å². The Balaban J connectivity index is 1.69. The number of nitrogens with zero attached hydrogens (tertiary/aromatic N) is 2. The number of anilines is 1. The second kappa shape index (κ2) is 8.30. The number of benzene rings is 1. The van der Waals surface area contributed by atoms with Crippen molar-refractivity contribution < 1.29 is 4.79 Å². The summed E-state index contributed by atoms with van der Waals surface area (Å²) in [6.45, 7) is 0. The smallest absolute Gasteiger partial charge is 0.248 e. The van der Waals surface area contributed by atoms with Gasteiger partial charge in [0.2, 0.25) is 5.91 Å². The van der Waals surface area contributed by atoms with E-state index in [0.717, 1.165) is 28.1 Å². The number of hydrogen-bond acceptors (Lipinski definition) is 4. The van der Waals surface area contributed by atoms with E-state index < -0.39 is 0 Å². The van der Waals surface area contributed by atoms with Crippen molar-refractivity contribution in [1.82, 2.24) is 15.2 Å². The van der Waals surface area contributed by atoms with Crippen molar-refractivity contribution in [2.45, 2.75) is 5.75 Å². The Kier molecular flexibility index (Phi) is 5.64. The van der Waals surface area contributed by atoms with Gasteiger partial charge in [-0.25, -0.2) is 0 Å². The van der Waals surface area contributed by atoms with Crippen LogP contribution in [0.4, 0.5) is 5.69 Å². The van der Waals surface area contributed by atoms with Crippen LogP contribution in [-0.4, -0.2) is 27.3 Å². The van der Waals surface area contributed by atoms with Gasteiger partial charge in [-0.15, -0.1) is 0 Å². The first-order chi connectivity index (χ1) is 12.3. The van der Waals surface area contributed by atoms with Gasteiger partial charge in [-0.05, 0) is 41.7 Å². The lowest BCUT2D eigenvalue weighted by Gasteiger charge is -2.05. The van der Waals surface area contributed by atoms with Gasteiger partial charge >= 0.3 is 0 Å². The lowest BCUT2D eigenvalue weighted by atomic mass is 10.0. The van der Waals surface area contributed by atoms with Crippen molar-refractivity contribution in [2.24, 2.45) is 0 Å². The van der Waals surface area contributed by atoms with E-state index in [-0.39, 0.29) is 5.91 Å². The van der Waals surface area contributed by atoms with Crippen LogP contribution in [0.15, 0.2) is 61.2 Å². The van der Waals surface area contributed by atoms with Crippen molar-refractivity contribution in [3.63, 3.8) is 0 Å². The molecular formula is C19H18N4OS. The molecule has 1 aromatic carbocycles. The number of rotatable bonds is 6. The van der Waals surface area contributed by atoms with Crippen LogP contribution in [-0.2, 0) is 10.5 Å². The molecule has 0 saturated carbocycles. The van der Waals surface area contributed by atoms with Crippen molar-refractivity contribution in [3.05, 3.63) is 72.3 Å². The fourth-order valence-corrected chi connectivity index (χ4v) is 2.93. The molecule has 0 bridgehead atoms. The van der Waals surface area contributed by atoms with Gasteiger partial charge in [-0.1, -0.05) is 12.1 Å². The molecule has 1 amide bonds. The predicted octanol–water partition coefficient (Wildman–Crippen LogP) is 3.99. The quantitative estimate of drug-likeness (QED) is 0.660. The van der Waals surface area contributed by atoms with E-state index in [9.17, 15) is 4.79 Å². The molecule has 3 aromatic rings. The molecule has 0 unspecified atom stereocenters. The minimum atomic E-state index is -0.181. The van der Waals surface area contributed by atoms with Crippen molar-refractivity contribution in [1.29, 1.82) is 0 Å². The third kappa shape index (κ3) is 4.58. The molecule has 2 heterocycles. The van der Waals surface area contributed by atoms with Crippen LogP contribution in [0.25, 0.3) is 17.2 Å². The Morgan fingerprint density at radius 2 is 2.08 bits per heavy atom. The first-order valence-corrected chi connectivity index (χ1v) is 9.16. The molecule has 0 aliphatic rings. The molecule has 0 radical (unpaired) electrons. The molecule has 2 N–H and O–H groups in total. The minimum absolute atomic E-state index is 0.181. The maximum Gasteiger partial charge on any atom is 0.248 e. The van der Waals surface area contributed by atoms with Gasteiger partial charge in [0.15, 0.2) is 0 Å². The number of carbonyl (C=O) groups is 1. The zero-order valence-corrected chi connectivity index (χ0v) is 14.6. The normalized spacial score (nSPS) is 10.9. The van der Waals surface area contributed by atoms with Crippen LogP contribution in [0.2, 0.25) is 0 Å². The number of thioether (sulfide) groups is 1. The first kappa shape index (κ1) is 17.0. The molecule has 25 heavy (non-hydrogen) atoms. The first-order valence-electron chi connectivity index (χ1n) is 7.76. The summed E-state index contributed by atoms with van der Waals surface area (Å²) in [5.74, 6) is 0.783. The van der Waals surface area contributed by atoms with Crippen LogP contribution in [0.3, 0.4) is 0 Å². The monoisotopic (exact) mass is 350 g/mol. The van der Waals surface area contributed by atoms with E-state index in [0.29, 0.717) is 0 Å². The van der Waals surface area contributed by atoms with E-state index >= 15 is 0 Å². The highest BCUT2D eigenvalue weighted by molar-refractivity contribution is 7.97. The number of aromatic nitrogens is 3. The summed E-state index contributed by atoms with van der Waals surface area (Å²) < 4.78 is 0. The molecule has 0 aliphatic carbocycles. The maximum atomic E-state index is 12.2. The summed E-state index contributed by atoms with van der Waals surface area (Å²) in [5, 5.41) is 9.62. The number of carbonyl (C=O) groups excluding carboxylic acids is 1. The molecule has 0 fully saturated rings. The van der Waals surface area contributed by atoms with Crippen molar-refractivity contribution in [2.75, 3.05) is 11.6 Å². The summed E-state index contributed by atoms with van der Waals surface area (Å²) in [6, 6.07) is 9.77. The Morgan fingerprint density at radius 1 is 1.24 bits per heavy atom. The van der Waals surface area contributed by atoms with Crippen molar-refractivity contribution >= 4 is 29.4 Å². The average molecular weight is 350 g/mol. The highest BCUT2D eigenvalue weighted by atomic mass is 32.2. The van der Waals surface area contributed by atoms with Gasteiger partial charge in [0, 0.05) is 47.2 Å². The highest BCUT2D eigenvalue weighted by Crippen LogP contribution is 2.22. The molecule has 126 valence electrons. The number of pyridine rings is 1. The zero-order valence-electron chi connectivity index (χ0n) is 13.8. The van der Waals surface area contributed by atoms with Gasteiger partial charge in [0.25, 0.3) is 0 Å². The minimum Gasteiger partial charge on any atom is -0.323 e. The SMILES string of the molecule is CSCc1ccc(NC(=O)/C=C/c2cnccc2-c2cn[nH]c2)cc1. The van der Waals surface area contributed by atoms with E-state index in [4.69, 9.17) is 0 Å². The fraction of sp³-hybridized carbons (Fsp3) is 0.105. The number of H-pyrrole nitrogens is 1. The highest BCUT2D eigenvalue weighted by Gasteiger charge is 2.04. The topological polar surface area (TPSA) is 70.7 Å². The number of aromatic amines is 1.